The molecule has 21 heavy (non-hydrogen) atoms. The minimum Gasteiger partial charge on any atom is -0.481 e. The molecule has 1 rings (SSSR count). The monoisotopic (exact) mass is 299 g/mol. The van der Waals surface area contributed by atoms with Gasteiger partial charge in [-0.1, -0.05) is 26.7 Å². The van der Waals surface area contributed by atoms with Crippen molar-refractivity contribution in [3.63, 3.8) is 0 Å². The number of amides is 2. The molecule has 0 saturated heterocycles. The van der Waals surface area contributed by atoms with Crippen LogP contribution in [-0.4, -0.2) is 35.7 Å². The number of rotatable bonds is 7. The number of aliphatic carboxylic acids is 1. The molecule has 0 aromatic heterocycles. The Balaban J connectivity index is 2.21. The van der Waals surface area contributed by atoms with E-state index < -0.39 is 5.97 Å². The van der Waals surface area contributed by atoms with Gasteiger partial charge in [0, 0.05) is 25.0 Å². The van der Waals surface area contributed by atoms with Gasteiger partial charge in [-0.15, -0.1) is 0 Å². The second-order valence-corrected chi connectivity index (χ2v) is 6.76. The quantitative estimate of drug-likeness (QED) is 0.575. The first kappa shape index (κ1) is 17.8. The van der Waals surface area contributed by atoms with Crippen LogP contribution in [0.2, 0.25) is 0 Å². The summed E-state index contributed by atoms with van der Waals surface area (Å²) in [6.07, 6.45) is 5.69. The number of hydrogen-bond acceptors (Lipinski definition) is 3. The number of carbonyl (C=O) groups excluding carboxylic acids is 1. The fraction of sp³-hybridized carbons (Fsp3) is 0.867. The lowest BCUT2D eigenvalue weighted by Gasteiger charge is -2.29. The van der Waals surface area contributed by atoms with Crippen LogP contribution in [0.1, 0.15) is 58.8 Å². The van der Waals surface area contributed by atoms with E-state index in [1.807, 2.05) is 13.8 Å². The molecule has 1 fully saturated rings. The molecule has 1 saturated carbocycles. The number of hydrogen-bond donors (Lipinski definition) is 4. The van der Waals surface area contributed by atoms with E-state index in [0.717, 1.165) is 32.1 Å². The molecule has 0 radical (unpaired) electrons. The highest BCUT2D eigenvalue weighted by molar-refractivity contribution is 5.74. The lowest BCUT2D eigenvalue weighted by Crippen LogP contribution is -2.52. The van der Waals surface area contributed by atoms with Crippen LogP contribution >= 0.6 is 0 Å². The Morgan fingerprint density at radius 2 is 1.90 bits per heavy atom. The van der Waals surface area contributed by atoms with E-state index in [1.54, 1.807) is 0 Å². The summed E-state index contributed by atoms with van der Waals surface area (Å²) in [4.78, 5) is 22.4. The Morgan fingerprint density at radius 3 is 2.52 bits per heavy atom. The van der Waals surface area contributed by atoms with Crippen LogP contribution in [0.25, 0.3) is 0 Å². The maximum absolute atomic E-state index is 11.8. The van der Waals surface area contributed by atoms with Gasteiger partial charge in [0.2, 0.25) is 0 Å². The van der Waals surface area contributed by atoms with E-state index in [4.69, 9.17) is 10.8 Å². The average molecular weight is 299 g/mol. The minimum absolute atomic E-state index is 0.0523. The molecule has 2 amide bonds. The Hall–Kier alpha value is -1.30. The third-order valence-electron chi connectivity index (χ3n) is 4.24. The third-order valence-corrected chi connectivity index (χ3v) is 4.24. The normalized spacial score (nSPS) is 22.6. The first-order valence-electron chi connectivity index (χ1n) is 7.82. The van der Waals surface area contributed by atoms with Crippen LogP contribution in [0.4, 0.5) is 4.79 Å². The molecule has 6 heteroatoms. The number of nitrogens with one attached hydrogen (secondary N) is 2. The molecule has 1 aliphatic rings. The number of nitrogens with two attached hydrogens (primary N) is 1. The number of carbonyl (C=O) groups is 2. The van der Waals surface area contributed by atoms with Gasteiger partial charge >= 0.3 is 12.0 Å². The van der Waals surface area contributed by atoms with E-state index in [0.29, 0.717) is 13.0 Å². The summed E-state index contributed by atoms with van der Waals surface area (Å²) in [7, 11) is 0. The molecule has 2 atom stereocenters. The van der Waals surface area contributed by atoms with Gasteiger partial charge in [-0.05, 0) is 31.1 Å². The molecule has 0 heterocycles. The summed E-state index contributed by atoms with van der Waals surface area (Å²) in [5.41, 5.74) is 5.90. The number of carboxylic acid groups (broad SMARTS) is 1. The fourth-order valence-electron chi connectivity index (χ4n) is 2.64. The zero-order valence-electron chi connectivity index (χ0n) is 13.2. The summed E-state index contributed by atoms with van der Waals surface area (Å²) in [5, 5.41) is 14.5. The van der Waals surface area contributed by atoms with E-state index >= 15 is 0 Å². The summed E-state index contributed by atoms with van der Waals surface area (Å²) >= 11 is 0. The molecule has 1 aliphatic carbocycles. The van der Waals surface area contributed by atoms with Crippen molar-refractivity contribution in [2.45, 2.75) is 70.9 Å². The molecule has 2 unspecified atom stereocenters. The van der Waals surface area contributed by atoms with Gasteiger partial charge < -0.3 is 21.5 Å². The Kier molecular flexibility index (Phi) is 6.95. The van der Waals surface area contributed by atoms with Crippen molar-refractivity contribution in [2.24, 2.45) is 11.1 Å². The Bertz CT molecular complexity index is 358. The lowest BCUT2D eigenvalue weighted by molar-refractivity contribution is -0.137. The lowest BCUT2D eigenvalue weighted by atomic mass is 9.84. The van der Waals surface area contributed by atoms with Gasteiger partial charge in [-0.3, -0.25) is 4.79 Å². The molecule has 0 aromatic rings. The average Bonchev–Trinajstić information content (AvgIpc) is 2.39. The largest absolute Gasteiger partial charge is 0.481 e. The highest BCUT2D eigenvalue weighted by Crippen LogP contribution is 2.26. The van der Waals surface area contributed by atoms with Crippen molar-refractivity contribution in [1.82, 2.24) is 10.6 Å². The summed E-state index contributed by atoms with van der Waals surface area (Å²) in [6.45, 7) is 4.58. The molecule has 0 bridgehead atoms. The first-order chi connectivity index (χ1) is 9.80. The van der Waals surface area contributed by atoms with Crippen molar-refractivity contribution in [1.29, 1.82) is 0 Å². The topological polar surface area (TPSA) is 104 Å². The van der Waals surface area contributed by atoms with Crippen LogP contribution < -0.4 is 16.4 Å². The van der Waals surface area contributed by atoms with Gasteiger partial charge in [0.05, 0.1) is 0 Å². The third kappa shape index (κ3) is 7.32. The molecule has 122 valence electrons. The fourth-order valence-corrected chi connectivity index (χ4v) is 2.64. The van der Waals surface area contributed by atoms with Crippen molar-refractivity contribution >= 4 is 12.0 Å². The van der Waals surface area contributed by atoms with Crippen LogP contribution in [0.15, 0.2) is 0 Å². The minimum atomic E-state index is -0.778. The molecule has 0 aliphatic heterocycles. The Morgan fingerprint density at radius 1 is 1.24 bits per heavy atom. The molecule has 0 spiro atoms. The van der Waals surface area contributed by atoms with Crippen molar-refractivity contribution in [3.8, 4) is 0 Å². The highest BCUT2D eigenvalue weighted by Gasteiger charge is 2.23. The second-order valence-electron chi connectivity index (χ2n) is 6.76. The zero-order chi connectivity index (χ0) is 15.9. The standard InChI is InChI=1S/C15H29N3O3/c1-15(2,8-7-13(19)20)9-10-17-14(21)18-12-6-4-3-5-11(12)16/h11-12H,3-10,16H2,1-2H3,(H,19,20)(H2,17,18,21). The SMILES string of the molecule is CC(C)(CCNC(=O)NC1CCCCC1N)CCC(=O)O. The van der Waals surface area contributed by atoms with Gasteiger partial charge in [0.1, 0.15) is 0 Å². The van der Waals surface area contributed by atoms with Crippen LogP contribution in [0, 0.1) is 5.41 Å². The number of urea groups is 1. The zero-order valence-corrected chi connectivity index (χ0v) is 13.2. The van der Waals surface area contributed by atoms with E-state index in [-0.39, 0.29) is 30.0 Å². The Labute approximate surface area is 126 Å². The van der Waals surface area contributed by atoms with Gasteiger partial charge in [0.15, 0.2) is 0 Å². The van der Waals surface area contributed by atoms with Gasteiger partial charge in [-0.25, -0.2) is 4.79 Å². The van der Waals surface area contributed by atoms with Gasteiger partial charge in [-0.2, -0.15) is 0 Å². The number of carboxylic acids is 1. The molecule has 0 aromatic carbocycles. The maximum Gasteiger partial charge on any atom is 0.315 e. The predicted octanol–water partition coefficient (Wildman–Crippen LogP) is 1.84. The van der Waals surface area contributed by atoms with Crippen molar-refractivity contribution in [2.75, 3.05) is 6.54 Å². The maximum atomic E-state index is 11.8. The van der Waals surface area contributed by atoms with Crippen molar-refractivity contribution < 1.29 is 14.7 Å². The smallest absolute Gasteiger partial charge is 0.315 e. The first-order valence-corrected chi connectivity index (χ1v) is 7.82. The highest BCUT2D eigenvalue weighted by atomic mass is 16.4. The van der Waals surface area contributed by atoms with Crippen LogP contribution in [-0.2, 0) is 4.79 Å². The summed E-state index contributed by atoms with van der Waals surface area (Å²) < 4.78 is 0. The van der Waals surface area contributed by atoms with Crippen molar-refractivity contribution in [3.05, 3.63) is 0 Å². The van der Waals surface area contributed by atoms with Crippen LogP contribution in [0.5, 0.6) is 0 Å². The van der Waals surface area contributed by atoms with E-state index in [1.165, 1.54) is 0 Å². The summed E-state index contributed by atoms with van der Waals surface area (Å²) in [6, 6.07) is -0.0540. The van der Waals surface area contributed by atoms with Crippen LogP contribution in [0.3, 0.4) is 0 Å². The predicted molar refractivity (Wildman–Crippen MR) is 82.0 cm³/mol. The van der Waals surface area contributed by atoms with E-state index in [2.05, 4.69) is 10.6 Å². The second kappa shape index (κ2) is 8.22. The van der Waals surface area contributed by atoms with Gasteiger partial charge in [0.25, 0.3) is 0 Å². The molecule has 6 nitrogen and oxygen atoms in total. The molecular formula is C15H29N3O3. The molecule has 5 N–H and O–H groups in total. The molecular weight excluding hydrogens is 270 g/mol. The van der Waals surface area contributed by atoms with E-state index in [9.17, 15) is 9.59 Å². The summed E-state index contributed by atoms with van der Waals surface area (Å²) in [5.74, 6) is -0.778.